The number of nitrogens with zero attached hydrogens (tertiary/aromatic N) is 3. The van der Waals surface area contributed by atoms with E-state index in [9.17, 15) is 4.79 Å². The van der Waals surface area contributed by atoms with Crippen LogP contribution in [0.15, 0.2) is 115 Å². The average Bonchev–Trinajstić information content (AvgIpc) is 3.05. The van der Waals surface area contributed by atoms with Crippen LogP contribution in [0.2, 0.25) is 0 Å². The van der Waals surface area contributed by atoms with Gasteiger partial charge in [-0.15, -0.1) is 0 Å². The third-order valence-electron chi connectivity index (χ3n) is 8.92. The van der Waals surface area contributed by atoms with Gasteiger partial charge in [0.05, 0.1) is 23.3 Å². The highest BCUT2D eigenvalue weighted by atomic mass is 16.1. The summed E-state index contributed by atoms with van der Waals surface area (Å²) in [6.07, 6.45) is 3.45. The molecule has 4 heteroatoms. The molecule has 0 N–H and O–H groups in total. The van der Waals surface area contributed by atoms with Gasteiger partial charge in [0.25, 0.3) is 0 Å². The lowest BCUT2D eigenvalue weighted by atomic mass is 9.90. The molecular weight excluding hydrogens is 526 g/mol. The summed E-state index contributed by atoms with van der Waals surface area (Å²) in [6.45, 7) is 7.73. The van der Waals surface area contributed by atoms with Gasteiger partial charge in [0.15, 0.2) is 0 Å². The Morgan fingerprint density at radius 1 is 0.860 bits per heavy atom. The van der Waals surface area contributed by atoms with Crippen molar-refractivity contribution in [3.05, 3.63) is 138 Å². The van der Waals surface area contributed by atoms with Crippen molar-refractivity contribution >= 4 is 17.2 Å². The maximum absolute atomic E-state index is 12.8. The topological polar surface area (TPSA) is 36.4 Å². The molecule has 1 fully saturated rings. The molecule has 1 aromatic heterocycles. The number of hydrogen-bond acceptors (Lipinski definition) is 4. The van der Waals surface area contributed by atoms with Crippen LogP contribution in [0, 0.1) is 12.8 Å². The molecule has 5 aromatic rings. The van der Waals surface area contributed by atoms with Crippen molar-refractivity contribution in [2.75, 3.05) is 19.6 Å². The highest BCUT2D eigenvalue weighted by Crippen LogP contribution is 2.38. The minimum absolute atomic E-state index is 0.111. The van der Waals surface area contributed by atoms with Crippen LogP contribution in [0.1, 0.15) is 48.1 Å². The molecule has 0 radical (unpaired) electrons. The van der Waals surface area contributed by atoms with E-state index in [1.165, 1.54) is 23.0 Å². The van der Waals surface area contributed by atoms with E-state index in [2.05, 4.69) is 139 Å². The van der Waals surface area contributed by atoms with Gasteiger partial charge >= 0.3 is 0 Å². The van der Waals surface area contributed by atoms with Gasteiger partial charge in [0.1, 0.15) is 6.29 Å². The third kappa shape index (κ3) is 6.77. The van der Waals surface area contributed by atoms with E-state index in [1.807, 2.05) is 0 Å². The Balaban J connectivity index is 1.53. The van der Waals surface area contributed by atoms with Crippen LogP contribution >= 0.6 is 0 Å². The summed E-state index contributed by atoms with van der Waals surface area (Å²) in [5, 5.41) is 1.13. The molecule has 0 saturated carbocycles. The van der Waals surface area contributed by atoms with E-state index in [4.69, 9.17) is 4.98 Å². The Hall–Kier alpha value is -4.12. The van der Waals surface area contributed by atoms with Crippen molar-refractivity contribution in [2.24, 2.45) is 5.92 Å². The fourth-order valence-electron chi connectivity index (χ4n) is 6.49. The summed E-state index contributed by atoms with van der Waals surface area (Å²) >= 11 is 0. The number of aldehydes is 1. The van der Waals surface area contributed by atoms with E-state index in [1.54, 1.807) is 0 Å². The lowest BCUT2D eigenvalue weighted by Crippen LogP contribution is -2.48. The Kier molecular flexibility index (Phi) is 9.07. The maximum Gasteiger partial charge on any atom is 0.138 e. The van der Waals surface area contributed by atoms with Gasteiger partial charge in [0, 0.05) is 29.6 Å². The van der Waals surface area contributed by atoms with Crippen LogP contribution < -0.4 is 0 Å². The number of carbonyl (C=O) groups is 1. The molecule has 0 bridgehead atoms. The highest BCUT2D eigenvalue weighted by Gasteiger charge is 2.31. The second kappa shape index (κ2) is 13.5. The standard InChI is InChI=1S/C39H41N3O/c1-29-20-22-41(23-21-29)35(28-43)27-42(26-31-12-6-3-7-13-31)39(33-16-10-5-11-17-33)36-25-34-24-30(2)18-19-37(34)40-38(36)32-14-8-4-9-15-32/h3-19,24-25,28-29,35,39H,20-23,26-27H2,1-2H3. The quantitative estimate of drug-likeness (QED) is 0.160. The number of fused-ring (bicyclic) bond motifs is 1. The average molecular weight is 568 g/mol. The lowest BCUT2D eigenvalue weighted by molar-refractivity contribution is -0.114. The molecule has 218 valence electrons. The van der Waals surface area contributed by atoms with E-state index in [-0.39, 0.29) is 12.1 Å². The van der Waals surface area contributed by atoms with E-state index >= 15 is 0 Å². The summed E-state index contributed by atoms with van der Waals surface area (Å²) in [5.41, 5.74) is 7.86. The molecule has 4 nitrogen and oxygen atoms in total. The fraction of sp³-hybridized carbons (Fsp3) is 0.282. The zero-order chi connectivity index (χ0) is 29.6. The Bertz CT molecular complexity index is 1630. The summed E-state index contributed by atoms with van der Waals surface area (Å²) in [7, 11) is 0. The molecule has 1 aliphatic heterocycles. The second-order valence-electron chi connectivity index (χ2n) is 12.1. The molecule has 0 spiro atoms. The van der Waals surface area contributed by atoms with Crippen molar-refractivity contribution < 1.29 is 4.79 Å². The summed E-state index contributed by atoms with van der Waals surface area (Å²) in [6, 6.07) is 40.4. The van der Waals surface area contributed by atoms with Gasteiger partial charge in [-0.1, -0.05) is 110 Å². The molecule has 2 unspecified atom stereocenters. The van der Waals surface area contributed by atoms with E-state index in [0.717, 1.165) is 60.2 Å². The molecule has 2 heterocycles. The maximum atomic E-state index is 12.8. The largest absolute Gasteiger partial charge is 0.302 e. The Morgan fingerprint density at radius 3 is 2.19 bits per heavy atom. The first kappa shape index (κ1) is 29.0. The van der Waals surface area contributed by atoms with E-state index in [0.29, 0.717) is 12.5 Å². The summed E-state index contributed by atoms with van der Waals surface area (Å²) in [5.74, 6) is 0.710. The molecule has 1 aliphatic rings. The van der Waals surface area contributed by atoms with Crippen LogP contribution in [0.3, 0.4) is 0 Å². The van der Waals surface area contributed by atoms with Crippen molar-refractivity contribution in [3.63, 3.8) is 0 Å². The van der Waals surface area contributed by atoms with Crippen LogP contribution in [0.5, 0.6) is 0 Å². The van der Waals surface area contributed by atoms with Crippen LogP contribution in [-0.2, 0) is 11.3 Å². The minimum Gasteiger partial charge on any atom is -0.302 e. The minimum atomic E-state index is -0.182. The Morgan fingerprint density at radius 2 is 1.51 bits per heavy atom. The van der Waals surface area contributed by atoms with Gasteiger partial charge in [-0.05, 0) is 68.1 Å². The van der Waals surface area contributed by atoms with Gasteiger partial charge in [-0.2, -0.15) is 0 Å². The third-order valence-corrected chi connectivity index (χ3v) is 8.92. The molecule has 6 rings (SSSR count). The number of carbonyl (C=O) groups excluding carboxylic acids is 1. The monoisotopic (exact) mass is 567 g/mol. The SMILES string of the molecule is Cc1ccc2nc(-c3ccccc3)c(C(c3ccccc3)N(Cc3ccccc3)CC(C=O)N3CCC(C)CC3)cc2c1. The van der Waals surface area contributed by atoms with Crippen LogP contribution in [0.4, 0.5) is 0 Å². The number of likely N-dealkylation sites (tertiary alicyclic amines) is 1. The van der Waals surface area contributed by atoms with Gasteiger partial charge < -0.3 is 4.79 Å². The zero-order valence-electron chi connectivity index (χ0n) is 25.3. The van der Waals surface area contributed by atoms with Gasteiger partial charge in [-0.3, -0.25) is 9.80 Å². The highest BCUT2D eigenvalue weighted by molar-refractivity contribution is 5.84. The molecule has 0 amide bonds. The summed E-state index contributed by atoms with van der Waals surface area (Å²) < 4.78 is 0. The Labute approximate surface area is 256 Å². The van der Waals surface area contributed by atoms with Gasteiger partial charge in [-0.25, -0.2) is 4.98 Å². The van der Waals surface area contributed by atoms with E-state index < -0.39 is 0 Å². The van der Waals surface area contributed by atoms with Crippen LogP contribution in [-0.4, -0.2) is 46.7 Å². The van der Waals surface area contributed by atoms with Crippen molar-refractivity contribution in [3.8, 4) is 11.3 Å². The molecule has 1 saturated heterocycles. The smallest absolute Gasteiger partial charge is 0.138 e. The first-order valence-corrected chi connectivity index (χ1v) is 15.6. The zero-order valence-corrected chi connectivity index (χ0v) is 25.3. The van der Waals surface area contributed by atoms with Crippen molar-refractivity contribution in [1.29, 1.82) is 0 Å². The molecule has 2 atom stereocenters. The first-order valence-electron chi connectivity index (χ1n) is 15.6. The fourth-order valence-corrected chi connectivity index (χ4v) is 6.49. The lowest BCUT2D eigenvalue weighted by Gasteiger charge is -2.40. The second-order valence-corrected chi connectivity index (χ2v) is 12.1. The molecule has 43 heavy (non-hydrogen) atoms. The molecule has 0 aliphatic carbocycles. The van der Waals surface area contributed by atoms with Gasteiger partial charge in [0.2, 0.25) is 0 Å². The van der Waals surface area contributed by atoms with Crippen molar-refractivity contribution in [1.82, 2.24) is 14.8 Å². The number of piperidine rings is 1. The number of hydrogen-bond donors (Lipinski definition) is 0. The predicted molar refractivity (Wildman–Crippen MR) is 177 cm³/mol. The first-order chi connectivity index (χ1) is 21.1. The van der Waals surface area contributed by atoms with Crippen molar-refractivity contribution in [2.45, 2.75) is 45.3 Å². The number of aryl methyl sites for hydroxylation is 1. The number of aromatic nitrogens is 1. The number of benzene rings is 4. The molecule has 4 aromatic carbocycles. The van der Waals surface area contributed by atoms with Crippen LogP contribution in [0.25, 0.3) is 22.2 Å². The normalized spacial score (nSPS) is 15.9. The summed E-state index contributed by atoms with van der Waals surface area (Å²) in [4.78, 5) is 23.0. The molecular formula is C39H41N3O. The number of rotatable bonds is 10. The predicted octanol–water partition coefficient (Wildman–Crippen LogP) is 8.10. The number of pyridine rings is 1.